The summed E-state index contributed by atoms with van der Waals surface area (Å²) in [5, 5.41) is 0. The third-order valence-electron chi connectivity index (χ3n) is 5.09. The van der Waals surface area contributed by atoms with E-state index in [0.717, 1.165) is 19.3 Å². The third-order valence-corrected chi connectivity index (χ3v) is 7.13. The summed E-state index contributed by atoms with van der Waals surface area (Å²) in [4.78, 5) is 14.4. The summed E-state index contributed by atoms with van der Waals surface area (Å²) in [6, 6.07) is 0. The predicted molar refractivity (Wildman–Crippen MR) is 86.0 cm³/mol. The molecule has 3 fully saturated rings. The smallest absolute Gasteiger partial charge is 0.281 e. The highest BCUT2D eigenvalue weighted by molar-refractivity contribution is 7.86. The molecule has 23 heavy (non-hydrogen) atoms. The first kappa shape index (κ1) is 17.1. The number of nitrogens with zero attached hydrogens (tertiary/aromatic N) is 3. The Kier molecular flexibility index (Phi) is 5.56. The van der Waals surface area contributed by atoms with Crippen molar-refractivity contribution < 1.29 is 17.9 Å². The van der Waals surface area contributed by atoms with E-state index < -0.39 is 10.2 Å². The van der Waals surface area contributed by atoms with Gasteiger partial charge in [-0.3, -0.25) is 4.79 Å². The minimum Gasteiger partial charge on any atom is -0.378 e. The van der Waals surface area contributed by atoms with Crippen molar-refractivity contribution in [1.29, 1.82) is 0 Å². The van der Waals surface area contributed by atoms with Gasteiger partial charge in [0.1, 0.15) is 0 Å². The van der Waals surface area contributed by atoms with Crippen LogP contribution in [-0.2, 0) is 19.7 Å². The van der Waals surface area contributed by atoms with Crippen LogP contribution in [0.1, 0.15) is 32.1 Å². The number of carbonyl (C=O) groups excluding carboxylic acids is 1. The number of ether oxygens (including phenoxy) is 1. The van der Waals surface area contributed by atoms with Gasteiger partial charge in [-0.15, -0.1) is 0 Å². The van der Waals surface area contributed by atoms with Crippen LogP contribution < -0.4 is 0 Å². The molecule has 7 nitrogen and oxygen atoms in total. The van der Waals surface area contributed by atoms with Crippen molar-refractivity contribution in [1.82, 2.24) is 13.5 Å². The summed E-state index contributed by atoms with van der Waals surface area (Å²) in [5.41, 5.74) is 0. The summed E-state index contributed by atoms with van der Waals surface area (Å²) in [6.45, 7) is 4.71. The topological polar surface area (TPSA) is 70.2 Å². The fraction of sp³-hybridized carbons (Fsp3) is 0.933. The van der Waals surface area contributed by atoms with Crippen LogP contribution in [0, 0.1) is 5.92 Å². The Hall–Kier alpha value is -0.700. The molecule has 132 valence electrons. The van der Waals surface area contributed by atoms with Crippen molar-refractivity contribution >= 4 is 16.1 Å². The maximum absolute atomic E-state index is 12.7. The van der Waals surface area contributed by atoms with Crippen molar-refractivity contribution in [3.63, 3.8) is 0 Å². The second kappa shape index (κ2) is 7.46. The van der Waals surface area contributed by atoms with Crippen molar-refractivity contribution in [2.45, 2.75) is 32.1 Å². The Labute approximate surface area is 138 Å². The van der Waals surface area contributed by atoms with Crippen LogP contribution in [0.4, 0.5) is 0 Å². The molecule has 3 aliphatic rings. The maximum Gasteiger partial charge on any atom is 0.281 e. The minimum absolute atomic E-state index is 0.0408. The molecule has 0 bridgehead atoms. The van der Waals surface area contributed by atoms with Gasteiger partial charge in [-0.05, 0) is 25.7 Å². The Morgan fingerprint density at radius 2 is 1.39 bits per heavy atom. The molecular formula is C15H27N3O4S. The molecule has 0 N–H and O–H groups in total. The molecule has 0 saturated carbocycles. The first-order chi connectivity index (χ1) is 11.1. The van der Waals surface area contributed by atoms with Crippen LogP contribution in [0.3, 0.4) is 0 Å². The SMILES string of the molecule is O=C(C1CCN(S(=O)(=O)N2CCCCC2)CC1)N1CCOCC1. The quantitative estimate of drug-likeness (QED) is 0.737. The van der Waals surface area contributed by atoms with E-state index in [-0.39, 0.29) is 11.8 Å². The highest BCUT2D eigenvalue weighted by Crippen LogP contribution is 2.25. The van der Waals surface area contributed by atoms with Gasteiger partial charge in [0.2, 0.25) is 5.91 Å². The predicted octanol–water partition coefficient (Wildman–Crippen LogP) is 0.288. The summed E-state index contributed by atoms with van der Waals surface area (Å²) < 4.78 is 33.8. The average Bonchev–Trinajstić information content (AvgIpc) is 2.63. The van der Waals surface area contributed by atoms with Gasteiger partial charge >= 0.3 is 0 Å². The highest BCUT2D eigenvalue weighted by Gasteiger charge is 2.36. The van der Waals surface area contributed by atoms with Gasteiger partial charge in [-0.2, -0.15) is 17.0 Å². The molecule has 0 aromatic carbocycles. The molecule has 0 atom stereocenters. The zero-order valence-corrected chi connectivity index (χ0v) is 14.5. The molecule has 0 aromatic heterocycles. The van der Waals surface area contributed by atoms with Gasteiger partial charge in [0.15, 0.2) is 0 Å². The number of hydrogen-bond donors (Lipinski definition) is 0. The lowest BCUT2D eigenvalue weighted by molar-refractivity contribution is -0.140. The molecule has 3 heterocycles. The van der Waals surface area contributed by atoms with Gasteiger partial charge in [0.25, 0.3) is 10.2 Å². The summed E-state index contributed by atoms with van der Waals surface area (Å²) >= 11 is 0. The summed E-state index contributed by atoms with van der Waals surface area (Å²) in [5.74, 6) is 0.129. The molecule has 0 aliphatic carbocycles. The number of morpholine rings is 1. The lowest BCUT2D eigenvalue weighted by Gasteiger charge is -2.37. The number of hydrogen-bond acceptors (Lipinski definition) is 4. The van der Waals surface area contributed by atoms with Crippen LogP contribution in [0.25, 0.3) is 0 Å². The Morgan fingerprint density at radius 3 is 2.00 bits per heavy atom. The van der Waals surface area contributed by atoms with E-state index in [1.54, 1.807) is 8.61 Å². The molecule has 0 unspecified atom stereocenters. The Bertz CT molecular complexity index is 505. The Morgan fingerprint density at radius 1 is 0.826 bits per heavy atom. The zero-order valence-electron chi connectivity index (χ0n) is 13.7. The molecular weight excluding hydrogens is 318 g/mol. The largest absolute Gasteiger partial charge is 0.378 e. The van der Waals surface area contributed by atoms with E-state index in [2.05, 4.69) is 0 Å². The van der Waals surface area contributed by atoms with Crippen molar-refractivity contribution in [3.8, 4) is 0 Å². The average molecular weight is 345 g/mol. The van der Waals surface area contributed by atoms with Gasteiger partial charge in [-0.1, -0.05) is 6.42 Å². The van der Waals surface area contributed by atoms with Crippen molar-refractivity contribution in [2.24, 2.45) is 5.92 Å². The Balaban J connectivity index is 1.54. The standard InChI is InChI=1S/C15H27N3O4S/c19-15(16-10-12-22-13-11-16)14-4-8-18(9-5-14)23(20,21)17-6-2-1-3-7-17/h14H,1-13H2. The van der Waals surface area contributed by atoms with Crippen molar-refractivity contribution in [2.75, 3.05) is 52.5 Å². The normalized spacial score (nSPS) is 26.3. The van der Waals surface area contributed by atoms with Crippen LogP contribution in [0.2, 0.25) is 0 Å². The third kappa shape index (κ3) is 3.87. The molecule has 0 spiro atoms. The van der Waals surface area contributed by atoms with Gasteiger partial charge in [0.05, 0.1) is 13.2 Å². The molecule has 3 aliphatic heterocycles. The molecule has 0 aromatic rings. The number of carbonyl (C=O) groups is 1. The molecule has 1 amide bonds. The monoisotopic (exact) mass is 345 g/mol. The van der Waals surface area contributed by atoms with Gasteiger partial charge in [-0.25, -0.2) is 0 Å². The second-order valence-electron chi connectivity index (χ2n) is 6.58. The molecule has 3 rings (SSSR count). The van der Waals surface area contributed by atoms with Gasteiger partial charge in [0, 0.05) is 45.2 Å². The van der Waals surface area contributed by atoms with Gasteiger partial charge < -0.3 is 9.64 Å². The van der Waals surface area contributed by atoms with E-state index in [1.807, 2.05) is 4.90 Å². The van der Waals surface area contributed by atoms with E-state index >= 15 is 0 Å². The maximum atomic E-state index is 12.7. The highest BCUT2D eigenvalue weighted by atomic mass is 32.2. The lowest BCUT2D eigenvalue weighted by Crippen LogP contribution is -2.51. The molecule has 0 radical (unpaired) electrons. The van der Waals surface area contributed by atoms with E-state index in [1.165, 1.54) is 0 Å². The number of amides is 1. The van der Waals surface area contributed by atoms with E-state index in [9.17, 15) is 13.2 Å². The van der Waals surface area contributed by atoms with Crippen LogP contribution in [0.5, 0.6) is 0 Å². The zero-order chi connectivity index (χ0) is 16.3. The van der Waals surface area contributed by atoms with E-state index in [0.29, 0.717) is 65.3 Å². The lowest BCUT2D eigenvalue weighted by atomic mass is 9.96. The summed E-state index contributed by atoms with van der Waals surface area (Å²) in [6.07, 6.45) is 4.27. The first-order valence-electron chi connectivity index (χ1n) is 8.71. The molecule has 8 heteroatoms. The van der Waals surface area contributed by atoms with Crippen LogP contribution >= 0.6 is 0 Å². The van der Waals surface area contributed by atoms with Crippen LogP contribution in [-0.4, -0.2) is 80.3 Å². The fourth-order valence-corrected chi connectivity index (χ4v) is 5.35. The molecule has 3 saturated heterocycles. The van der Waals surface area contributed by atoms with Crippen molar-refractivity contribution in [3.05, 3.63) is 0 Å². The number of rotatable bonds is 3. The second-order valence-corrected chi connectivity index (χ2v) is 8.51. The number of piperidine rings is 2. The van der Waals surface area contributed by atoms with E-state index in [4.69, 9.17) is 4.74 Å². The van der Waals surface area contributed by atoms with Crippen LogP contribution in [0.15, 0.2) is 0 Å². The summed E-state index contributed by atoms with van der Waals surface area (Å²) in [7, 11) is -3.34. The first-order valence-corrected chi connectivity index (χ1v) is 10.1. The minimum atomic E-state index is -3.34. The fourth-order valence-electron chi connectivity index (χ4n) is 3.63.